The van der Waals surface area contributed by atoms with Gasteiger partial charge in [-0.1, -0.05) is 52.3 Å². The number of nitrogens with zero attached hydrogens (tertiary/aromatic N) is 2. The van der Waals surface area contributed by atoms with Crippen LogP contribution in [-0.4, -0.2) is 69.6 Å². The molecule has 2 saturated heterocycles. The Kier molecular flexibility index (Phi) is 7.52. The lowest BCUT2D eigenvalue weighted by atomic mass is 10.0. The van der Waals surface area contributed by atoms with Gasteiger partial charge in [-0.3, -0.25) is 19.2 Å². The quantitative estimate of drug-likeness (QED) is 0.457. The predicted octanol–water partition coefficient (Wildman–Crippen LogP) is 3.50. The van der Waals surface area contributed by atoms with Gasteiger partial charge in [-0.2, -0.15) is 0 Å². The maximum absolute atomic E-state index is 13.9. The number of likely N-dealkylation sites (tertiary alicyclic amines) is 2. The van der Waals surface area contributed by atoms with Crippen LogP contribution in [0.2, 0.25) is 0 Å². The van der Waals surface area contributed by atoms with Crippen molar-refractivity contribution in [2.75, 3.05) is 13.1 Å². The summed E-state index contributed by atoms with van der Waals surface area (Å²) >= 11 is 3.45. The summed E-state index contributed by atoms with van der Waals surface area (Å²) in [6.45, 7) is 2.16. The van der Waals surface area contributed by atoms with Crippen LogP contribution >= 0.6 is 15.9 Å². The zero-order valence-corrected chi connectivity index (χ0v) is 22.9. The second-order valence-electron chi connectivity index (χ2n) is 9.96. The summed E-state index contributed by atoms with van der Waals surface area (Å²) < 4.78 is 0.777. The van der Waals surface area contributed by atoms with Gasteiger partial charge in [0.1, 0.15) is 17.8 Å². The number of hydrogen-bond acceptors (Lipinski definition) is 5. The highest BCUT2D eigenvalue weighted by Gasteiger charge is 2.52. The summed E-state index contributed by atoms with van der Waals surface area (Å²) in [5.41, 5.74) is 2.61. The molecule has 9 heteroatoms. The Morgan fingerprint density at radius 3 is 2.41 bits per heavy atom. The van der Waals surface area contributed by atoms with Crippen molar-refractivity contribution in [3.8, 4) is 5.75 Å². The van der Waals surface area contributed by atoms with Crippen LogP contribution < -0.4 is 5.32 Å². The van der Waals surface area contributed by atoms with Gasteiger partial charge in [0.2, 0.25) is 5.91 Å². The molecule has 2 aliphatic heterocycles. The third kappa shape index (κ3) is 5.45. The molecule has 3 atom stereocenters. The largest absolute Gasteiger partial charge is 0.508 e. The molecule has 0 spiro atoms. The van der Waals surface area contributed by atoms with Gasteiger partial charge < -0.3 is 20.2 Å². The molecule has 3 aromatic rings. The fraction of sp³-hybridized carbons (Fsp3) is 0.267. The lowest BCUT2D eigenvalue weighted by molar-refractivity contribution is -0.138. The predicted molar refractivity (Wildman–Crippen MR) is 148 cm³/mol. The van der Waals surface area contributed by atoms with Crippen molar-refractivity contribution in [3.05, 3.63) is 99.5 Å². The molecule has 39 heavy (non-hydrogen) atoms. The van der Waals surface area contributed by atoms with Gasteiger partial charge in [0.05, 0.1) is 12.6 Å². The maximum Gasteiger partial charge on any atom is 0.254 e. The Morgan fingerprint density at radius 1 is 1.00 bits per heavy atom. The molecule has 200 valence electrons. The monoisotopic (exact) mass is 589 g/mol. The van der Waals surface area contributed by atoms with E-state index in [1.165, 1.54) is 17.0 Å². The van der Waals surface area contributed by atoms with Crippen molar-refractivity contribution in [3.63, 3.8) is 0 Å². The fourth-order valence-electron chi connectivity index (χ4n) is 5.33. The first-order valence-corrected chi connectivity index (χ1v) is 13.6. The van der Waals surface area contributed by atoms with Gasteiger partial charge in [-0.25, -0.2) is 0 Å². The highest BCUT2D eigenvalue weighted by atomic mass is 79.9. The van der Waals surface area contributed by atoms with Crippen LogP contribution in [0.5, 0.6) is 5.75 Å². The maximum atomic E-state index is 13.9. The zero-order valence-electron chi connectivity index (χ0n) is 21.3. The number of carbonyl (C=O) groups excluding carboxylic acids is 4. The number of Topliss-reactive ketones (excluding diaryl/α,β-unsaturated/α-hetero) is 1. The summed E-state index contributed by atoms with van der Waals surface area (Å²) in [6, 6.07) is 18.3. The minimum Gasteiger partial charge on any atom is -0.508 e. The smallest absolute Gasteiger partial charge is 0.254 e. The van der Waals surface area contributed by atoms with Crippen LogP contribution in [-0.2, 0) is 16.0 Å². The molecule has 5 rings (SSSR count). The van der Waals surface area contributed by atoms with E-state index in [-0.39, 0.29) is 36.3 Å². The van der Waals surface area contributed by atoms with Crippen LogP contribution in [0.15, 0.2) is 77.3 Å². The molecule has 2 aliphatic rings. The molecule has 0 saturated carbocycles. The zero-order chi connectivity index (χ0) is 27.7. The number of amides is 3. The third-order valence-corrected chi connectivity index (χ3v) is 8.26. The van der Waals surface area contributed by atoms with Gasteiger partial charge in [0, 0.05) is 28.6 Å². The van der Waals surface area contributed by atoms with Crippen molar-refractivity contribution >= 4 is 39.4 Å². The number of rotatable bonds is 6. The Bertz CT molecular complexity index is 1430. The van der Waals surface area contributed by atoms with Crippen LogP contribution in [0.25, 0.3) is 0 Å². The Morgan fingerprint density at radius 2 is 1.72 bits per heavy atom. The fourth-order valence-corrected chi connectivity index (χ4v) is 5.71. The lowest BCUT2D eigenvalue weighted by Gasteiger charge is -2.28. The molecular formula is C30H28BrN3O5. The number of benzene rings is 3. The molecule has 3 aromatic carbocycles. The molecule has 3 amide bonds. The summed E-state index contributed by atoms with van der Waals surface area (Å²) in [7, 11) is 0. The van der Waals surface area contributed by atoms with Crippen molar-refractivity contribution in [2.24, 2.45) is 0 Å². The number of ketones is 1. The highest BCUT2D eigenvalue weighted by Crippen LogP contribution is 2.32. The molecule has 2 N–H and O–H groups in total. The van der Waals surface area contributed by atoms with Gasteiger partial charge in [0.25, 0.3) is 11.8 Å². The molecule has 1 unspecified atom stereocenters. The SMILES string of the molecule is Cc1ccc(C(=O)N[C@@H](Cc2ccc(O)cc2)C(=O)N2CC[C@@H]3C2C(=O)CN3C(=O)c2ccccc2)cc1Br. The van der Waals surface area contributed by atoms with Crippen molar-refractivity contribution in [1.82, 2.24) is 15.1 Å². The Hall–Kier alpha value is -3.98. The first kappa shape index (κ1) is 26.6. The van der Waals surface area contributed by atoms with E-state index in [9.17, 15) is 24.3 Å². The van der Waals surface area contributed by atoms with E-state index >= 15 is 0 Å². The number of nitrogens with one attached hydrogen (secondary N) is 1. The first-order valence-electron chi connectivity index (χ1n) is 12.8. The number of carbonyl (C=O) groups is 4. The van der Waals surface area contributed by atoms with Crippen LogP contribution in [0.3, 0.4) is 0 Å². The molecule has 0 aromatic heterocycles. The number of fused-ring (bicyclic) bond motifs is 1. The molecular weight excluding hydrogens is 562 g/mol. The summed E-state index contributed by atoms with van der Waals surface area (Å²) in [4.78, 5) is 56.5. The van der Waals surface area contributed by atoms with Gasteiger partial charge >= 0.3 is 0 Å². The van der Waals surface area contributed by atoms with Crippen LogP contribution in [0.4, 0.5) is 0 Å². The van der Waals surface area contributed by atoms with E-state index in [1.807, 2.05) is 19.1 Å². The average Bonchev–Trinajstić information content (AvgIpc) is 3.52. The molecule has 2 heterocycles. The van der Waals surface area contributed by atoms with Crippen molar-refractivity contribution in [2.45, 2.75) is 37.9 Å². The second kappa shape index (κ2) is 11.0. The molecule has 8 nitrogen and oxygen atoms in total. The Labute approximate surface area is 234 Å². The number of hydrogen-bond donors (Lipinski definition) is 2. The number of aromatic hydroxyl groups is 1. The van der Waals surface area contributed by atoms with Crippen molar-refractivity contribution in [1.29, 1.82) is 0 Å². The normalized spacial score (nSPS) is 19.1. The van der Waals surface area contributed by atoms with Gasteiger partial charge in [-0.05, 0) is 60.9 Å². The number of halogens is 1. The van der Waals surface area contributed by atoms with E-state index in [0.29, 0.717) is 24.1 Å². The minimum absolute atomic E-state index is 0.0563. The van der Waals surface area contributed by atoms with Crippen molar-refractivity contribution < 1.29 is 24.3 Å². The van der Waals surface area contributed by atoms with E-state index in [0.717, 1.165) is 15.6 Å². The minimum atomic E-state index is -0.951. The topological polar surface area (TPSA) is 107 Å². The average molecular weight is 590 g/mol. The number of phenolic OH excluding ortho intramolecular Hbond substituents is 1. The summed E-state index contributed by atoms with van der Waals surface area (Å²) in [6.07, 6.45) is 0.651. The lowest BCUT2D eigenvalue weighted by Crippen LogP contribution is -2.53. The number of aryl methyl sites for hydroxylation is 1. The van der Waals surface area contributed by atoms with E-state index in [2.05, 4.69) is 21.2 Å². The van der Waals surface area contributed by atoms with E-state index < -0.39 is 24.0 Å². The standard InChI is InChI=1S/C30H28BrN3O5/c1-18-7-10-21(16-23(18)31)28(37)32-24(15-19-8-11-22(35)12-9-19)30(39)33-14-13-25-27(33)26(36)17-34(25)29(38)20-5-3-2-4-6-20/h2-12,16,24-25,27,35H,13-15,17H2,1H3,(H,32,37)/t24-,25+,27?/m0/s1. The number of phenols is 1. The third-order valence-electron chi connectivity index (χ3n) is 7.40. The molecule has 0 radical (unpaired) electrons. The van der Waals surface area contributed by atoms with E-state index in [4.69, 9.17) is 0 Å². The van der Waals surface area contributed by atoms with E-state index in [1.54, 1.807) is 53.4 Å². The van der Waals surface area contributed by atoms with Crippen LogP contribution in [0.1, 0.15) is 38.3 Å². The Balaban J connectivity index is 1.39. The summed E-state index contributed by atoms with van der Waals surface area (Å²) in [5, 5.41) is 12.5. The van der Waals surface area contributed by atoms with Gasteiger partial charge in [-0.15, -0.1) is 0 Å². The summed E-state index contributed by atoms with van der Waals surface area (Å²) in [5.74, 6) is -1.12. The van der Waals surface area contributed by atoms with Gasteiger partial charge in [0.15, 0.2) is 5.78 Å². The molecule has 0 aliphatic carbocycles. The van der Waals surface area contributed by atoms with Crippen LogP contribution in [0, 0.1) is 6.92 Å². The molecule has 2 fully saturated rings. The first-order chi connectivity index (χ1) is 18.7. The molecule has 0 bridgehead atoms. The highest BCUT2D eigenvalue weighted by molar-refractivity contribution is 9.10. The second-order valence-corrected chi connectivity index (χ2v) is 10.8.